The van der Waals surface area contributed by atoms with Crippen LogP contribution in [0.2, 0.25) is 0 Å². The van der Waals surface area contributed by atoms with Crippen molar-refractivity contribution in [1.82, 2.24) is 9.88 Å². The van der Waals surface area contributed by atoms with Crippen LogP contribution in [0.4, 0.5) is 10.9 Å². The number of aliphatic hydroxyl groups is 2. The number of aromatic nitrogens is 1. The second-order valence-electron chi connectivity index (χ2n) is 4.88. The van der Waals surface area contributed by atoms with Crippen molar-refractivity contribution < 1.29 is 15.0 Å². The minimum absolute atomic E-state index is 0.115. The monoisotopic (exact) mass is 286 g/mol. The fourth-order valence-corrected chi connectivity index (χ4v) is 2.87. The fraction of sp³-hybridized carbons (Fsp3) is 0.636. The number of likely N-dealkylation sites (tertiary alicyclic amines) is 1. The summed E-state index contributed by atoms with van der Waals surface area (Å²) in [6.45, 7) is 4.16. The van der Waals surface area contributed by atoms with E-state index in [9.17, 15) is 15.0 Å². The predicted octanol–water partition coefficient (Wildman–Crippen LogP) is -0.277. The number of β-amino-alcohol motifs (C(OH)–C–C–N with tert-alkyl or cyclic N) is 2. The highest BCUT2D eigenvalue weighted by molar-refractivity contribution is 7.18. The first-order valence-corrected chi connectivity index (χ1v) is 6.88. The van der Waals surface area contributed by atoms with Crippen molar-refractivity contribution in [2.24, 2.45) is 0 Å². The topological polar surface area (TPSA) is 112 Å². The van der Waals surface area contributed by atoms with E-state index in [0.717, 1.165) is 0 Å². The van der Waals surface area contributed by atoms with Crippen LogP contribution in [-0.4, -0.2) is 57.3 Å². The maximum Gasteiger partial charge on any atom is 0.268 e. The molecule has 1 saturated heterocycles. The van der Waals surface area contributed by atoms with Crippen molar-refractivity contribution in [3.63, 3.8) is 0 Å². The molecule has 106 valence electrons. The Morgan fingerprint density at radius 1 is 1.47 bits per heavy atom. The van der Waals surface area contributed by atoms with Crippen molar-refractivity contribution >= 4 is 28.2 Å². The van der Waals surface area contributed by atoms with E-state index in [4.69, 9.17) is 5.73 Å². The van der Waals surface area contributed by atoms with Gasteiger partial charge in [-0.25, -0.2) is 4.98 Å². The average Bonchev–Trinajstić information content (AvgIpc) is 2.82. The zero-order valence-electron chi connectivity index (χ0n) is 10.8. The molecule has 1 aliphatic heterocycles. The van der Waals surface area contributed by atoms with Crippen LogP contribution in [0.1, 0.15) is 23.5 Å². The number of anilines is 2. The Hall–Kier alpha value is -1.38. The SMILES string of the molecule is CC(C)Nc1nc(N)c(C(=O)N2CC(O)C(O)C2)s1. The van der Waals surface area contributed by atoms with Crippen LogP contribution < -0.4 is 11.1 Å². The summed E-state index contributed by atoms with van der Waals surface area (Å²) in [5.41, 5.74) is 5.74. The lowest BCUT2D eigenvalue weighted by Crippen LogP contribution is -2.29. The van der Waals surface area contributed by atoms with E-state index in [1.807, 2.05) is 13.8 Å². The zero-order valence-corrected chi connectivity index (χ0v) is 11.6. The number of rotatable bonds is 3. The molecule has 2 atom stereocenters. The predicted molar refractivity (Wildman–Crippen MR) is 73.2 cm³/mol. The fourth-order valence-electron chi connectivity index (χ4n) is 1.87. The highest BCUT2D eigenvalue weighted by atomic mass is 32.1. The molecule has 8 heteroatoms. The second kappa shape index (κ2) is 5.32. The lowest BCUT2D eigenvalue weighted by Gasteiger charge is -2.13. The smallest absolute Gasteiger partial charge is 0.268 e. The van der Waals surface area contributed by atoms with Gasteiger partial charge in [0.15, 0.2) is 5.13 Å². The molecule has 0 radical (unpaired) electrons. The van der Waals surface area contributed by atoms with Crippen molar-refractivity contribution in [1.29, 1.82) is 0 Å². The van der Waals surface area contributed by atoms with Gasteiger partial charge in [0.25, 0.3) is 5.91 Å². The highest BCUT2D eigenvalue weighted by Crippen LogP contribution is 2.28. The maximum atomic E-state index is 12.2. The Bertz CT molecular complexity index is 467. The number of nitrogen functional groups attached to an aromatic ring is 1. The third-order valence-corrected chi connectivity index (χ3v) is 3.80. The summed E-state index contributed by atoms with van der Waals surface area (Å²) >= 11 is 1.18. The summed E-state index contributed by atoms with van der Waals surface area (Å²) in [6.07, 6.45) is -1.79. The number of nitrogens with zero attached hydrogens (tertiary/aromatic N) is 2. The molecule has 0 aliphatic carbocycles. The molecule has 2 rings (SSSR count). The van der Waals surface area contributed by atoms with Gasteiger partial charge < -0.3 is 26.2 Å². The van der Waals surface area contributed by atoms with Crippen LogP contribution in [-0.2, 0) is 0 Å². The van der Waals surface area contributed by atoms with Crippen molar-refractivity contribution in [3.05, 3.63) is 4.88 Å². The summed E-state index contributed by atoms with van der Waals surface area (Å²) < 4.78 is 0. The first-order valence-electron chi connectivity index (χ1n) is 6.06. The number of carbonyl (C=O) groups is 1. The summed E-state index contributed by atoms with van der Waals surface area (Å²) in [7, 11) is 0. The van der Waals surface area contributed by atoms with Crippen molar-refractivity contribution in [3.8, 4) is 0 Å². The Labute approximate surface area is 115 Å². The van der Waals surface area contributed by atoms with Crippen LogP contribution in [0.3, 0.4) is 0 Å². The molecule has 5 N–H and O–H groups in total. The number of nitrogens with two attached hydrogens (primary N) is 1. The number of aliphatic hydroxyl groups excluding tert-OH is 2. The van der Waals surface area contributed by atoms with Crippen LogP contribution in [0, 0.1) is 0 Å². The minimum atomic E-state index is -0.897. The maximum absolute atomic E-state index is 12.2. The third-order valence-electron chi connectivity index (χ3n) is 2.81. The molecule has 0 saturated carbocycles. The number of carbonyl (C=O) groups excluding carboxylic acids is 1. The van der Waals surface area contributed by atoms with Gasteiger partial charge in [0.1, 0.15) is 10.7 Å². The van der Waals surface area contributed by atoms with Crippen molar-refractivity contribution in [2.75, 3.05) is 24.1 Å². The van der Waals surface area contributed by atoms with Crippen LogP contribution in [0.15, 0.2) is 0 Å². The van der Waals surface area contributed by atoms with E-state index in [0.29, 0.717) is 10.0 Å². The van der Waals surface area contributed by atoms with E-state index in [1.165, 1.54) is 16.2 Å². The molecular weight excluding hydrogens is 268 g/mol. The van der Waals surface area contributed by atoms with Gasteiger partial charge in [0, 0.05) is 19.1 Å². The molecule has 1 amide bonds. The molecule has 7 nitrogen and oxygen atoms in total. The number of hydrogen-bond acceptors (Lipinski definition) is 7. The molecule has 19 heavy (non-hydrogen) atoms. The normalized spacial score (nSPS) is 23.1. The number of hydrogen-bond donors (Lipinski definition) is 4. The molecule has 0 spiro atoms. The standard InChI is InChI=1S/C11H18N4O3S/c1-5(2)13-11-14-9(12)8(19-11)10(18)15-3-6(16)7(17)4-15/h5-7,16-17H,3-4,12H2,1-2H3,(H,13,14). The Balaban J connectivity index is 2.13. The van der Waals surface area contributed by atoms with Gasteiger partial charge in [-0.1, -0.05) is 11.3 Å². The van der Waals surface area contributed by atoms with Gasteiger partial charge in [0.05, 0.1) is 12.2 Å². The zero-order chi connectivity index (χ0) is 14.2. The van der Waals surface area contributed by atoms with Gasteiger partial charge in [0.2, 0.25) is 0 Å². The third kappa shape index (κ3) is 2.96. The molecule has 1 fully saturated rings. The number of nitrogens with one attached hydrogen (secondary N) is 1. The first-order chi connectivity index (χ1) is 8.88. The van der Waals surface area contributed by atoms with Gasteiger partial charge in [-0.2, -0.15) is 0 Å². The minimum Gasteiger partial charge on any atom is -0.388 e. The first kappa shape index (κ1) is 14.0. The van der Waals surface area contributed by atoms with E-state index >= 15 is 0 Å². The summed E-state index contributed by atoms with van der Waals surface area (Å²) in [5.74, 6) is -0.128. The summed E-state index contributed by atoms with van der Waals surface area (Å²) in [5, 5.41) is 22.6. The molecule has 2 heterocycles. The molecule has 0 bridgehead atoms. The van der Waals surface area contributed by atoms with Gasteiger partial charge >= 0.3 is 0 Å². The highest BCUT2D eigenvalue weighted by Gasteiger charge is 2.34. The average molecular weight is 286 g/mol. The summed E-state index contributed by atoms with van der Waals surface area (Å²) in [4.78, 5) is 18.0. The van der Waals surface area contributed by atoms with Crippen LogP contribution in [0.5, 0.6) is 0 Å². The van der Waals surface area contributed by atoms with Crippen molar-refractivity contribution in [2.45, 2.75) is 32.1 Å². The van der Waals surface area contributed by atoms with E-state index < -0.39 is 12.2 Å². The van der Waals surface area contributed by atoms with Crippen LogP contribution in [0.25, 0.3) is 0 Å². The van der Waals surface area contributed by atoms with Gasteiger partial charge in [-0.3, -0.25) is 4.79 Å². The molecule has 1 aromatic rings. The Kier molecular flexibility index (Phi) is 3.93. The Morgan fingerprint density at radius 2 is 2.05 bits per heavy atom. The molecule has 2 unspecified atom stereocenters. The van der Waals surface area contributed by atoms with Crippen LogP contribution >= 0.6 is 11.3 Å². The number of thiazole rings is 1. The quantitative estimate of drug-likeness (QED) is 0.608. The summed E-state index contributed by atoms with van der Waals surface area (Å²) in [6, 6.07) is 0.198. The molecule has 0 aromatic carbocycles. The molecule has 1 aromatic heterocycles. The van der Waals surface area contributed by atoms with E-state index in [2.05, 4.69) is 10.3 Å². The molecule has 1 aliphatic rings. The largest absolute Gasteiger partial charge is 0.388 e. The van der Waals surface area contributed by atoms with E-state index in [1.54, 1.807) is 0 Å². The van der Waals surface area contributed by atoms with E-state index in [-0.39, 0.29) is 30.9 Å². The van der Waals surface area contributed by atoms with Gasteiger partial charge in [-0.05, 0) is 13.8 Å². The lowest BCUT2D eigenvalue weighted by molar-refractivity contribution is 0.0572. The lowest BCUT2D eigenvalue weighted by atomic mass is 10.3. The number of amides is 1. The van der Waals surface area contributed by atoms with Gasteiger partial charge in [-0.15, -0.1) is 0 Å². The molecular formula is C11H18N4O3S. The Morgan fingerprint density at radius 3 is 2.58 bits per heavy atom. The second-order valence-corrected chi connectivity index (χ2v) is 5.88.